The molecule has 6 heteroatoms. The minimum absolute atomic E-state index is 0.00382. The molecule has 0 radical (unpaired) electrons. The quantitative estimate of drug-likeness (QED) is 0.785. The molecule has 0 aliphatic carbocycles. The number of pyridine rings is 1. The summed E-state index contributed by atoms with van der Waals surface area (Å²) in [5, 5.41) is 0. The van der Waals surface area contributed by atoms with Crippen molar-refractivity contribution in [1.82, 2.24) is 9.88 Å². The first-order chi connectivity index (χ1) is 13.2. The second-order valence-electron chi connectivity index (χ2n) is 6.55. The van der Waals surface area contributed by atoms with E-state index in [4.69, 9.17) is 4.74 Å². The zero-order valence-corrected chi connectivity index (χ0v) is 16.4. The van der Waals surface area contributed by atoms with E-state index in [1.54, 1.807) is 12.0 Å². The first-order valence-electron chi connectivity index (χ1n) is 9.55. The van der Waals surface area contributed by atoms with Gasteiger partial charge in [-0.15, -0.1) is 0 Å². The van der Waals surface area contributed by atoms with Gasteiger partial charge in [0.05, 0.1) is 19.0 Å². The number of amides is 1. The van der Waals surface area contributed by atoms with E-state index in [1.807, 2.05) is 44.3 Å². The van der Waals surface area contributed by atoms with Gasteiger partial charge < -0.3 is 19.4 Å². The highest BCUT2D eigenvalue weighted by molar-refractivity contribution is 5.92. The fraction of sp³-hybridized carbons (Fsp3) is 0.429. The number of carbonyl (C=O) groups is 1. The molecule has 0 spiro atoms. The number of hydrogen-bond donors (Lipinski definition) is 0. The summed E-state index contributed by atoms with van der Waals surface area (Å²) < 4.78 is 5.23. The molecule has 1 aromatic carbocycles. The molecule has 0 N–H and O–H groups in total. The van der Waals surface area contributed by atoms with Crippen LogP contribution in [0.1, 0.15) is 24.3 Å². The summed E-state index contributed by atoms with van der Waals surface area (Å²) in [6.07, 6.45) is 1.82. The summed E-state index contributed by atoms with van der Waals surface area (Å²) in [6.45, 7) is 9.13. The monoisotopic (exact) mass is 368 g/mol. The van der Waals surface area contributed by atoms with Crippen LogP contribution in [0.15, 0.2) is 42.6 Å². The van der Waals surface area contributed by atoms with E-state index in [0.717, 1.165) is 37.6 Å². The summed E-state index contributed by atoms with van der Waals surface area (Å²) >= 11 is 0. The zero-order valence-electron chi connectivity index (χ0n) is 16.4. The number of benzene rings is 1. The molecule has 1 fully saturated rings. The first-order valence-corrected chi connectivity index (χ1v) is 9.55. The average Bonchev–Trinajstić information content (AvgIpc) is 2.75. The predicted octanol–water partition coefficient (Wildman–Crippen LogP) is 2.90. The van der Waals surface area contributed by atoms with Gasteiger partial charge >= 0.3 is 0 Å². The van der Waals surface area contributed by atoms with Crippen LogP contribution in [0.4, 0.5) is 11.4 Å². The maximum atomic E-state index is 12.4. The van der Waals surface area contributed by atoms with Gasteiger partial charge in [-0.3, -0.25) is 4.79 Å². The summed E-state index contributed by atoms with van der Waals surface area (Å²) in [6, 6.07) is 12.0. The lowest BCUT2D eigenvalue weighted by Gasteiger charge is -2.37. The number of ether oxygens (including phenoxy) is 1. The number of piperazine rings is 1. The smallest absolute Gasteiger partial charge is 0.272 e. The number of rotatable bonds is 6. The van der Waals surface area contributed by atoms with E-state index in [0.29, 0.717) is 18.8 Å². The average molecular weight is 368 g/mol. The van der Waals surface area contributed by atoms with Gasteiger partial charge in [0.2, 0.25) is 0 Å². The van der Waals surface area contributed by atoms with Crippen LogP contribution in [0, 0.1) is 0 Å². The highest BCUT2D eigenvalue weighted by Crippen LogP contribution is 2.22. The fourth-order valence-corrected chi connectivity index (χ4v) is 3.39. The Balaban J connectivity index is 1.59. The molecule has 1 amide bonds. The van der Waals surface area contributed by atoms with Crippen LogP contribution in [0.5, 0.6) is 5.75 Å². The van der Waals surface area contributed by atoms with Gasteiger partial charge in [0.1, 0.15) is 11.4 Å². The lowest BCUT2D eigenvalue weighted by atomic mass is 10.2. The Labute approximate surface area is 161 Å². The second-order valence-corrected chi connectivity index (χ2v) is 6.55. The number of nitrogens with zero attached hydrogens (tertiary/aromatic N) is 4. The lowest BCUT2D eigenvalue weighted by Crippen LogP contribution is -2.46. The van der Waals surface area contributed by atoms with E-state index in [2.05, 4.69) is 26.9 Å². The summed E-state index contributed by atoms with van der Waals surface area (Å²) in [5.74, 6) is 0.874. The maximum absolute atomic E-state index is 12.4. The van der Waals surface area contributed by atoms with E-state index in [1.165, 1.54) is 5.69 Å². The van der Waals surface area contributed by atoms with Gasteiger partial charge in [0, 0.05) is 45.0 Å². The molecule has 0 bridgehead atoms. The molecule has 1 aliphatic heterocycles. The van der Waals surface area contributed by atoms with Crippen LogP contribution in [0.25, 0.3) is 0 Å². The molecule has 144 valence electrons. The molecule has 27 heavy (non-hydrogen) atoms. The number of aromatic nitrogens is 1. The van der Waals surface area contributed by atoms with Crippen LogP contribution in [0.3, 0.4) is 0 Å². The Morgan fingerprint density at radius 3 is 2.00 bits per heavy atom. The Hall–Kier alpha value is -2.76. The number of carbonyl (C=O) groups excluding carboxylic acids is 1. The van der Waals surface area contributed by atoms with Gasteiger partial charge in [0.25, 0.3) is 5.91 Å². The van der Waals surface area contributed by atoms with Crippen molar-refractivity contribution in [2.45, 2.75) is 13.8 Å². The van der Waals surface area contributed by atoms with Gasteiger partial charge in [-0.25, -0.2) is 4.98 Å². The molecule has 1 aromatic heterocycles. The number of hydrogen-bond acceptors (Lipinski definition) is 5. The Morgan fingerprint density at radius 1 is 0.963 bits per heavy atom. The Bertz CT molecular complexity index is 734. The standard InChI is InChI=1S/C21H28N4O2/c1-4-23(5-2)21(26)20-11-8-18(16-22-20)25-14-12-24(13-15-25)17-6-9-19(27-3)10-7-17/h6-11,16H,4-5,12-15H2,1-3H3. The van der Waals surface area contributed by atoms with E-state index in [-0.39, 0.29) is 5.91 Å². The molecule has 0 atom stereocenters. The van der Waals surface area contributed by atoms with E-state index in [9.17, 15) is 4.79 Å². The molecule has 2 aromatic rings. The van der Waals surface area contributed by atoms with Crippen molar-refractivity contribution in [3.63, 3.8) is 0 Å². The molecule has 6 nitrogen and oxygen atoms in total. The number of methoxy groups -OCH3 is 1. The van der Waals surface area contributed by atoms with Crippen molar-refractivity contribution in [2.75, 3.05) is 56.2 Å². The molecule has 2 heterocycles. The van der Waals surface area contributed by atoms with E-state index < -0.39 is 0 Å². The topological polar surface area (TPSA) is 48.9 Å². The van der Waals surface area contributed by atoms with Crippen molar-refractivity contribution in [3.05, 3.63) is 48.3 Å². The van der Waals surface area contributed by atoms with Crippen molar-refractivity contribution < 1.29 is 9.53 Å². The molecule has 1 aliphatic rings. The summed E-state index contributed by atoms with van der Waals surface area (Å²) in [7, 11) is 1.68. The zero-order chi connectivity index (χ0) is 19.2. The molecule has 1 saturated heterocycles. The van der Waals surface area contributed by atoms with Crippen molar-refractivity contribution in [2.24, 2.45) is 0 Å². The van der Waals surface area contributed by atoms with Gasteiger partial charge in [-0.1, -0.05) is 0 Å². The molecule has 3 rings (SSSR count). The number of anilines is 2. The fourth-order valence-electron chi connectivity index (χ4n) is 3.39. The van der Waals surface area contributed by atoms with Crippen LogP contribution in [-0.4, -0.2) is 62.2 Å². The Morgan fingerprint density at radius 2 is 1.52 bits per heavy atom. The summed E-state index contributed by atoms with van der Waals surface area (Å²) in [5.41, 5.74) is 2.80. The lowest BCUT2D eigenvalue weighted by molar-refractivity contribution is 0.0767. The van der Waals surface area contributed by atoms with Crippen LogP contribution >= 0.6 is 0 Å². The van der Waals surface area contributed by atoms with Gasteiger partial charge in [-0.05, 0) is 50.2 Å². The SMILES string of the molecule is CCN(CC)C(=O)c1ccc(N2CCN(c3ccc(OC)cc3)CC2)cn1. The van der Waals surface area contributed by atoms with Crippen molar-refractivity contribution >= 4 is 17.3 Å². The molecule has 0 unspecified atom stereocenters. The molecular formula is C21H28N4O2. The van der Waals surface area contributed by atoms with Crippen LogP contribution in [0.2, 0.25) is 0 Å². The first kappa shape index (κ1) is 19.0. The normalized spacial score (nSPS) is 14.2. The van der Waals surface area contributed by atoms with Crippen LogP contribution in [-0.2, 0) is 0 Å². The third-order valence-corrected chi connectivity index (χ3v) is 5.10. The van der Waals surface area contributed by atoms with Gasteiger partial charge in [0.15, 0.2) is 0 Å². The second kappa shape index (κ2) is 8.75. The Kier molecular flexibility index (Phi) is 6.16. The predicted molar refractivity (Wildman–Crippen MR) is 109 cm³/mol. The van der Waals surface area contributed by atoms with E-state index >= 15 is 0 Å². The molecular weight excluding hydrogens is 340 g/mol. The molecule has 0 saturated carbocycles. The van der Waals surface area contributed by atoms with Crippen molar-refractivity contribution in [3.8, 4) is 5.75 Å². The summed E-state index contributed by atoms with van der Waals surface area (Å²) in [4.78, 5) is 23.3. The maximum Gasteiger partial charge on any atom is 0.272 e. The largest absolute Gasteiger partial charge is 0.497 e. The highest BCUT2D eigenvalue weighted by Gasteiger charge is 2.19. The van der Waals surface area contributed by atoms with Crippen molar-refractivity contribution in [1.29, 1.82) is 0 Å². The highest BCUT2D eigenvalue weighted by atomic mass is 16.5. The third kappa shape index (κ3) is 4.32. The minimum atomic E-state index is -0.00382. The van der Waals surface area contributed by atoms with Gasteiger partial charge in [-0.2, -0.15) is 0 Å². The van der Waals surface area contributed by atoms with Crippen LogP contribution < -0.4 is 14.5 Å². The third-order valence-electron chi connectivity index (χ3n) is 5.10. The minimum Gasteiger partial charge on any atom is -0.497 e.